The molecule has 0 aliphatic carbocycles. The number of methoxy groups -OCH3 is 1. The van der Waals surface area contributed by atoms with Gasteiger partial charge in [0.2, 0.25) is 5.88 Å². The number of benzene rings is 1. The molecule has 1 amide bonds. The SMILES string of the molecule is CNC(=O)c1ccnc2c(CCNc3cc(-c4cnc(OC)c(CO)c4)ncn3)ccc(F)c12. The van der Waals surface area contributed by atoms with Crippen LogP contribution in [-0.2, 0) is 13.0 Å². The molecule has 1 aromatic carbocycles. The molecule has 0 atom stereocenters. The van der Waals surface area contributed by atoms with Crippen molar-refractivity contribution in [2.24, 2.45) is 0 Å². The Kier molecular flexibility index (Phi) is 6.88. The summed E-state index contributed by atoms with van der Waals surface area (Å²) in [5.74, 6) is 0.0943. The van der Waals surface area contributed by atoms with Crippen molar-refractivity contribution in [2.45, 2.75) is 13.0 Å². The van der Waals surface area contributed by atoms with E-state index in [9.17, 15) is 14.3 Å². The molecule has 9 nitrogen and oxygen atoms in total. The Bertz CT molecular complexity index is 1350. The van der Waals surface area contributed by atoms with E-state index in [-0.39, 0.29) is 23.5 Å². The fourth-order valence-electron chi connectivity index (χ4n) is 3.68. The maximum atomic E-state index is 14.5. The predicted molar refractivity (Wildman–Crippen MR) is 125 cm³/mol. The van der Waals surface area contributed by atoms with Gasteiger partial charge in [0.15, 0.2) is 0 Å². The number of nitrogens with zero attached hydrogens (tertiary/aromatic N) is 4. The molecule has 3 heterocycles. The van der Waals surface area contributed by atoms with E-state index in [0.717, 1.165) is 5.56 Å². The number of ether oxygens (including phenoxy) is 1. The smallest absolute Gasteiger partial charge is 0.251 e. The van der Waals surface area contributed by atoms with Gasteiger partial charge in [0, 0.05) is 48.6 Å². The number of halogens is 1. The van der Waals surface area contributed by atoms with Gasteiger partial charge >= 0.3 is 0 Å². The Labute approximate surface area is 195 Å². The second-order valence-corrected chi connectivity index (χ2v) is 7.38. The zero-order valence-electron chi connectivity index (χ0n) is 18.7. The molecular weight excluding hydrogens is 439 g/mol. The first-order chi connectivity index (χ1) is 16.5. The number of amides is 1. The molecule has 0 fully saturated rings. The second-order valence-electron chi connectivity index (χ2n) is 7.38. The molecule has 34 heavy (non-hydrogen) atoms. The molecule has 0 saturated heterocycles. The molecule has 0 saturated carbocycles. The van der Waals surface area contributed by atoms with Gasteiger partial charge in [-0.15, -0.1) is 0 Å². The third kappa shape index (κ3) is 4.62. The zero-order valence-corrected chi connectivity index (χ0v) is 18.7. The van der Waals surface area contributed by atoms with Gasteiger partial charge in [-0.2, -0.15) is 0 Å². The molecule has 3 N–H and O–H groups in total. The number of fused-ring (bicyclic) bond motifs is 1. The van der Waals surface area contributed by atoms with Gasteiger partial charge in [-0.3, -0.25) is 9.78 Å². The minimum atomic E-state index is -0.491. The molecule has 0 aliphatic heterocycles. The van der Waals surface area contributed by atoms with Crippen LogP contribution in [0.25, 0.3) is 22.2 Å². The van der Waals surface area contributed by atoms with Crippen LogP contribution in [0.4, 0.5) is 10.2 Å². The number of nitrogens with one attached hydrogen (secondary N) is 2. The third-order valence-electron chi connectivity index (χ3n) is 5.35. The van der Waals surface area contributed by atoms with Crippen molar-refractivity contribution in [3.05, 3.63) is 71.6 Å². The first-order valence-electron chi connectivity index (χ1n) is 10.5. The second kappa shape index (κ2) is 10.2. The third-order valence-corrected chi connectivity index (χ3v) is 5.35. The van der Waals surface area contributed by atoms with Crippen molar-refractivity contribution in [3.63, 3.8) is 0 Å². The Hall–Kier alpha value is -4.18. The lowest BCUT2D eigenvalue weighted by molar-refractivity contribution is 0.0964. The van der Waals surface area contributed by atoms with Crippen LogP contribution in [0.1, 0.15) is 21.5 Å². The van der Waals surface area contributed by atoms with Crippen LogP contribution in [0.3, 0.4) is 0 Å². The molecule has 0 bridgehead atoms. The molecule has 174 valence electrons. The van der Waals surface area contributed by atoms with Crippen molar-refractivity contribution in [1.82, 2.24) is 25.3 Å². The fraction of sp³-hybridized carbons (Fsp3) is 0.208. The fourth-order valence-corrected chi connectivity index (χ4v) is 3.68. The highest BCUT2D eigenvalue weighted by molar-refractivity contribution is 6.06. The maximum absolute atomic E-state index is 14.5. The highest BCUT2D eigenvalue weighted by atomic mass is 19.1. The molecule has 0 spiro atoms. The van der Waals surface area contributed by atoms with E-state index in [1.807, 2.05) is 0 Å². The minimum Gasteiger partial charge on any atom is -0.481 e. The quantitative estimate of drug-likeness (QED) is 0.365. The lowest BCUT2D eigenvalue weighted by Gasteiger charge is -2.11. The van der Waals surface area contributed by atoms with Gasteiger partial charge in [0.05, 0.1) is 30.5 Å². The normalized spacial score (nSPS) is 10.8. The van der Waals surface area contributed by atoms with Crippen molar-refractivity contribution >= 4 is 22.6 Å². The van der Waals surface area contributed by atoms with Gasteiger partial charge < -0.3 is 20.5 Å². The number of hydrogen-bond acceptors (Lipinski definition) is 8. The highest BCUT2D eigenvalue weighted by Gasteiger charge is 2.16. The number of aliphatic hydroxyl groups excluding tert-OH is 1. The number of anilines is 1. The van der Waals surface area contributed by atoms with E-state index in [2.05, 4.69) is 30.6 Å². The summed E-state index contributed by atoms with van der Waals surface area (Å²) in [5.41, 5.74) is 3.40. The summed E-state index contributed by atoms with van der Waals surface area (Å²) < 4.78 is 19.7. The van der Waals surface area contributed by atoms with Crippen LogP contribution < -0.4 is 15.4 Å². The first kappa shape index (κ1) is 23.0. The molecule has 3 aromatic heterocycles. The predicted octanol–water partition coefficient (Wildman–Crippen LogP) is 2.74. The van der Waals surface area contributed by atoms with Crippen molar-refractivity contribution in [3.8, 4) is 17.1 Å². The average Bonchev–Trinajstić information content (AvgIpc) is 2.89. The Morgan fingerprint density at radius 1 is 1.12 bits per heavy atom. The number of carbonyl (C=O) groups excluding carboxylic acids is 1. The van der Waals surface area contributed by atoms with Gasteiger partial charge in [-0.05, 0) is 30.2 Å². The summed E-state index contributed by atoms with van der Waals surface area (Å²) in [6, 6.07) is 8.06. The Morgan fingerprint density at radius 2 is 1.97 bits per heavy atom. The summed E-state index contributed by atoms with van der Waals surface area (Å²) in [4.78, 5) is 29.2. The molecule has 0 radical (unpaired) electrons. The van der Waals surface area contributed by atoms with E-state index < -0.39 is 5.82 Å². The van der Waals surface area contributed by atoms with E-state index in [4.69, 9.17) is 4.74 Å². The molecule has 0 aliphatic rings. The number of hydrogen-bond donors (Lipinski definition) is 3. The Balaban J connectivity index is 1.53. The summed E-state index contributed by atoms with van der Waals surface area (Å²) in [7, 11) is 3.00. The van der Waals surface area contributed by atoms with Crippen molar-refractivity contribution in [2.75, 3.05) is 26.0 Å². The van der Waals surface area contributed by atoms with Crippen molar-refractivity contribution in [1.29, 1.82) is 0 Å². The van der Waals surface area contributed by atoms with Crippen LogP contribution >= 0.6 is 0 Å². The number of aromatic nitrogens is 4. The molecular formula is C24H23FN6O3. The summed E-state index contributed by atoms with van der Waals surface area (Å²) >= 11 is 0. The lowest BCUT2D eigenvalue weighted by Crippen LogP contribution is -2.18. The van der Waals surface area contributed by atoms with Crippen molar-refractivity contribution < 1.29 is 19.0 Å². The van der Waals surface area contributed by atoms with Crippen LogP contribution in [0, 0.1) is 5.82 Å². The number of rotatable bonds is 8. The van der Waals surface area contributed by atoms with E-state index in [1.165, 1.54) is 38.8 Å². The number of carbonyl (C=O) groups is 1. The van der Waals surface area contributed by atoms with Crippen LogP contribution in [0.15, 0.2) is 49.1 Å². The van der Waals surface area contributed by atoms with Gasteiger partial charge in [0.1, 0.15) is 18.0 Å². The molecule has 4 aromatic rings. The lowest BCUT2D eigenvalue weighted by atomic mass is 10.0. The number of aliphatic hydroxyl groups is 1. The van der Waals surface area contributed by atoms with E-state index in [0.29, 0.717) is 47.0 Å². The highest BCUT2D eigenvalue weighted by Crippen LogP contribution is 2.26. The topological polar surface area (TPSA) is 122 Å². The summed E-state index contributed by atoms with van der Waals surface area (Å²) in [5, 5.41) is 15.5. The number of pyridine rings is 2. The average molecular weight is 462 g/mol. The largest absolute Gasteiger partial charge is 0.481 e. The summed E-state index contributed by atoms with van der Waals surface area (Å²) in [6.07, 6.45) is 5.08. The standard InChI is InChI=1S/C24H23FN6O3/c1-26-23(33)17-6-8-28-22-14(3-4-18(25)21(17)22)5-7-27-20-10-19(30-13-31-20)15-9-16(12-32)24(34-2)29-11-15/h3-4,6,8-11,13,32H,5,7,12H2,1-2H3,(H,26,33)(H,27,30,31). The monoisotopic (exact) mass is 462 g/mol. The minimum absolute atomic E-state index is 0.204. The molecule has 0 unspecified atom stereocenters. The van der Waals surface area contributed by atoms with Gasteiger partial charge in [-0.1, -0.05) is 6.07 Å². The maximum Gasteiger partial charge on any atom is 0.251 e. The Morgan fingerprint density at radius 3 is 2.74 bits per heavy atom. The van der Waals surface area contributed by atoms with E-state index in [1.54, 1.807) is 24.4 Å². The van der Waals surface area contributed by atoms with Crippen LogP contribution in [-0.4, -0.2) is 51.7 Å². The van der Waals surface area contributed by atoms with Crippen LogP contribution in [0.5, 0.6) is 5.88 Å². The summed E-state index contributed by atoms with van der Waals surface area (Å²) in [6.45, 7) is 0.285. The van der Waals surface area contributed by atoms with Gasteiger partial charge in [-0.25, -0.2) is 19.3 Å². The molecule has 4 rings (SSSR count). The first-order valence-corrected chi connectivity index (χ1v) is 10.5. The van der Waals surface area contributed by atoms with Crippen LogP contribution in [0.2, 0.25) is 0 Å². The molecule has 10 heteroatoms. The van der Waals surface area contributed by atoms with E-state index >= 15 is 0 Å². The zero-order chi connectivity index (χ0) is 24.1. The van der Waals surface area contributed by atoms with Gasteiger partial charge in [0.25, 0.3) is 5.91 Å².